The zero-order chi connectivity index (χ0) is 20.0. The minimum Gasteiger partial charge on any atom is -0.809 e. The molecule has 148 valence electrons. The maximum Gasteiger partial charge on any atom is 2.00 e. The van der Waals surface area contributed by atoms with Gasteiger partial charge in [0.2, 0.25) is 0 Å². The van der Waals surface area contributed by atoms with Gasteiger partial charge in [-0.15, -0.1) is 0 Å². The number of alkyl halides is 2. The van der Waals surface area contributed by atoms with Crippen molar-refractivity contribution in [1.29, 1.82) is 0 Å². The molecule has 0 amide bonds. The van der Waals surface area contributed by atoms with Gasteiger partial charge in [-0.2, -0.15) is 0 Å². The van der Waals surface area contributed by atoms with Crippen LogP contribution in [0.3, 0.4) is 0 Å². The molecule has 0 bridgehead atoms. The smallest absolute Gasteiger partial charge is 0.809 e. The third-order valence-electron chi connectivity index (χ3n) is 1.59. The first-order valence-electron chi connectivity index (χ1n) is 4.85. The van der Waals surface area contributed by atoms with Crippen LogP contribution >= 0.6 is 53.6 Å². The Kier molecular flexibility index (Phi) is 22.3. The first-order valence-corrected chi connectivity index (χ1v) is 12.4. The van der Waals surface area contributed by atoms with Gasteiger partial charge in [-0.1, -0.05) is 23.2 Å². The summed E-state index contributed by atoms with van der Waals surface area (Å²) in [7, 11) is -21.5. The molecule has 0 heterocycles. The van der Waals surface area contributed by atoms with E-state index in [0.29, 0.717) is 0 Å². The molecule has 0 saturated carbocycles. The second kappa shape index (κ2) is 15.4. The van der Waals surface area contributed by atoms with Crippen LogP contribution in [0.2, 0.25) is 0 Å². The molecule has 23 heteroatoms. The van der Waals surface area contributed by atoms with Crippen LogP contribution in [0, 0.1) is 0 Å². The Labute approximate surface area is 174 Å². The van der Waals surface area contributed by atoms with Crippen molar-refractivity contribution in [3.05, 3.63) is 0 Å². The van der Waals surface area contributed by atoms with Gasteiger partial charge in [-0.3, -0.25) is 0 Å². The van der Waals surface area contributed by atoms with Crippen LogP contribution in [0.4, 0.5) is 0 Å². The number of rotatable bonds is 8. The summed E-state index contributed by atoms with van der Waals surface area (Å²) < 4.78 is 48.2. The molecule has 0 spiro atoms. The summed E-state index contributed by atoms with van der Waals surface area (Å²) >= 11 is 9.56. The van der Waals surface area contributed by atoms with Crippen LogP contribution in [0.1, 0.15) is 0 Å². The van der Waals surface area contributed by atoms with Crippen LogP contribution in [0.25, 0.3) is 0 Å². The molecule has 0 aliphatic heterocycles. The fraction of sp³-hybridized carbons (Fsp3) is 1.00. The number of hydrogen-bond donors (Lipinski definition) is 2. The molecule has 4 atom stereocenters. The Balaban J connectivity index is -0.000000108. The Bertz CT molecular complexity index is 531. The first kappa shape index (κ1) is 39.1. The molecule has 2 N–H and O–H groups in total. The Morgan fingerprint density at radius 2 is 0.852 bits per heavy atom. The first-order chi connectivity index (χ1) is 10.4. The molecular weight excluding hydrogens is 494 g/mol. The maximum atomic E-state index is 10.5. The van der Waals surface area contributed by atoms with Gasteiger partial charge >= 0.3 is 30.4 Å². The fourth-order valence-corrected chi connectivity index (χ4v) is 5.14. The summed E-state index contributed by atoms with van der Waals surface area (Å²) in [4.78, 5) is 60.9. The van der Waals surface area contributed by atoms with Crippen molar-refractivity contribution in [2.24, 2.45) is 0 Å². The van der Waals surface area contributed by atoms with E-state index in [1.165, 1.54) is 0 Å². The Morgan fingerprint density at radius 1 is 0.667 bits per heavy atom. The third-order valence-corrected chi connectivity index (χ3v) is 8.75. The number of hydrogen-bond acceptors (Lipinski definition) is 14. The average molecular weight is 502 g/mol. The normalized spacial score (nSPS) is 17.9. The van der Waals surface area contributed by atoms with Gasteiger partial charge in [0.25, 0.3) is 0 Å². The van der Waals surface area contributed by atoms with E-state index < -0.39 is 53.7 Å². The van der Waals surface area contributed by atoms with E-state index in [-0.39, 0.29) is 30.4 Å². The quantitative estimate of drug-likeness (QED) is 0.178. The molecule has 0 aliphatic carbocycles. The molecule has 0 fully saturated rings. The second-order valence-corrected chi connectivity index (χ2v) is 11.4. The summed E-state index contributed by atoms with van der Waals surface area (Å²) in [5, 5.41) is 16.8. The number of aliphatic hydroxyl groups is 2. The van der Waals surface area contributed by atoms with Crippen molar-refractivity contribution >= 4 is 83.9 Å². The molecule has 0 aromatic rings. The summed E-state index contributed by atoms with van der Waals surface area (Å²) in [5.74, 6) is 0. The van der Waals surface area contributed by atoms with Crippen molar-refractivity contribution in [1.82, 2.24) is 0 Å². The van der Waals surface area contributed by atoms with Crippen LogP contribution in [-0.2, 0) is 27.3 Å². The van der Waals surface area contributed by atoms with Gasteiger partial charge in [0.05, 0.1) is 0 Å². The minimum atomic E-state index is -5.61. The Morgan fingerprint density at radius 3 is 0.963 bits per heavy atom. The van der Waals surface area contributed by atoms with Crippen LogP contribution in [0.5, 0.6) is 0 Å². The molecule has 0 aromatic heterocycles. The largest absolute Gasteiger partial charge is 2.00 e. The monoisotopic (exact) mass is 501 g/mol. The molecule has 0 aromatic carbocycles. The topological polar surface area (TPSA) is 266 Å². The summed E-state index contributed by atoms with van der Waals surface area (Å²) in [6, 6.07) is -1.73. The van der Waals surface area contributed by atoms with Gasteiger partial charge in [0.1, 0.15) is 23.3 Å². The molecule has 0 saturated heterocycles. The van der Waals surface area contributed by atoms with Crippen molar-refractivity contribution < 1.29 is 66.9 Å². The number of halogens is 2. The van der Waals surface area contributed by atoms with Gasteiger partial charge in [-0.25, -0.2) is 0 Å². The molecule has 27 heavy (non-hydrogen) atoms. The molecule has 0 rings (SSSR count). The van der Waals surface area contributed by atoms with Crippen molar-refractivity contribution in [2.45, 2.75) is 11.2 Å². The molecule has 4 unspecified atom stereocenters. The SMILES string of the molecule is O=P([O-])([O-])C(O)P(=O)([O-])OCCl.O=P([O-])([O-])C(O)P(=O)([O-])OCCl.[Be+2].[Be+2].[Be+2]. The van der Waals surface area contributed by atoms with E-state index in [2.05, 4.69) is 9.05 Å². The van der Waals surface area contributed by atoms with Gasteiger partial charge < -0.3 is 66.9 Å². The minimum absolute atomic E-state index is 0. The van der Waals surface area contributed by atoms with Crippen molar-refractivity contribution in [2.75, 3.05) is 12.1 Å². The number of aliphatic hydroxyl groups excluding tert-OH is 2. The maximum absolute atomic E-state index is 10.5. The van der Waals surface area contributed by atoms with E-state index in [4.69, 9.17) is 33.4 Å². The standard InChI is InChI=1S/2C2H7ClO7P2.3Be/c2*3-1-10-12(8,9)2(4)11(5,6)7;;;/h2*2,4H,1H2,(H,8,9)(H2,5,6,7);;;/q;;3*+2/p-6. The van der Waals surface area contributed by atoms with Gasteiger partial charge in [0, 0.05) is 0 Å². The van der Waals surface area contributed by atoms with E-state index in [1.54, 1.807) is 0 Å². The molecule has 14 nitrogen and oxygen atoms in total. The van der Waals surface area contributed by atoms with Gasteiger partial charge in [0.15, 0.2) is 15.2 Å². The van der Waals surface area contributed by atoms with Crippen LogP contribution in [-0.4, -0.2) is 63.9 Å². The Hall–Kier alpha value is 1.61. The molecule has 0 radical (unpaired) electrons. The summed E-state index contributed by atoms with van der Waals surface area (Å²) in [6.07, 6.45) is 0. The summed E-state index contributed by atoms with van der Waals surface area (Å²) in [6.45, 7) is 0. The van der Waals surface area contributed by atoms with Gasteiger partial charge in [-0.05, 0) is 15.2 Å². The zero-order valence-electron chi connectivity index (χ0n) is 13.0. The van der Waals surface area contributed by atoms with Crippen molar-refractivity contribution in [3.8, 4) is 0 Å². The van der Waals surface area contributed by atoms with E-state index in [0.717, 1.165) is 0 Å². The average Bonchev–Trinajstić information content (AvgIpc) is 2.35. The van der Waals surface area contributed by atoms with Crippen LogP contribution in [0.15, 0.2) is 0 Å². The van der Waals surface area contributed by atoms with Crippen LogP contribution < -0.4 is 29.4 Å². The van der Waals surface area contributed by atoms with E-state index in [1.807, 2.05) is 0 Å². The zero-order valence-corrected chi connectivity index (χ0v) is 18.1. The summed E-state index contributed by atoms with van der Waals surface area (Å²) in [5.41, 5.74) is -6.16. The second-order valence-electron chi connectivity index (χ2n) is 3.33. The van der Waals surface area contributed by atoms with Crippen molar-refractivity contribution in [3.63, 3.8) is 0 Å². The third kappa shape index (κ3) is 16.0. The predicted octanol–water partition coefficient (Wildman–Crippen LogP) is -5.26. The molecular formula is C4H8Be3Cl2O14P4. The predicted molar refractivity (Wildman–Crippen MR) is 83.3 cm³/mol. The van der Waals surface area contributed by atoms with E-state index >= 15 is 0 Å². The molecule has 0 aliphatic rings. The fourth-order valence-electron chi connectivity index (χ4n) is 0.616. The van der Waals surface area contributed by atoms with E-state index in [9.17, 15) is 47.6 Å².